The van der Waals surface area contributed by atoms with Crippen molar-refractivity contribution in [3.8, 4) is 0 Å². The zero-order valence-corrected chi connectivity index (χ0v) is 10.0. The Bertz CT molecular complexity index is 190. The Labute approximate surface area is 93.2 Å². The van der Waals surface area contributed by atoms with E-state index in [4.69, 9.17) is 4.74 Å². The first-order valence-corrected chi connectivity index (χ1v) is 6.30. The summed E-state index contributed by atoms with van der Waals surface area (Å²) in [5, 5.41) is 3.58. The van der Waals surface area contributed by atoms with Gasteiger partial charge in [0.25, 0.3) is 0 Å². The molecule has 0 aromatic rings. The fraction of sp³-hybridized carbons (Fsp3) is 1.00. The molecule has 3 nitrogen and oxygen atoms in total. The molecule has 0 radical (unpaired) electrons. The van der Waals surface area contributed by atoms with Crippen LogP contribution in [0, 0.1) is 0 Å². The maximum Gasteiger partial charge on any atom is 0.0698 e. The molecule has 2 rings (SSSR count). The molecule has 2 heterocycles. The largest absolute Gasteiger partial charge is 0.380 e. The van der Waals surface area contributed by atoms with E-state index in [2.05, 4.69) is 17.1 Å². The zero-order chi connectivity index (χ0) is 10.7. The summed E-state index contributed by atoms with van der Waals surface area (Å²) in [5.41, 5.74) is 0. The van der Waals surface area contributed by atoms with Gasteiger partial charge in [-0.3, -0.25) is 4.90 Å². The molecule has 2 aliphatic rings. The van der Waals surface area contributed by atoms with Crippen molar-refractivity contribution in [1.29, 1.82) is 0 Å². The topological polar surface area (TPSA) is 24.5 Å². The monoisotopic (exact) mass is 212 g/mol. The summed E-state index contributed by atoms with van der Waals surface area (Å²) in [6.07, 6.45) is 5.68. The fourth-order valence-electron chi connectivity index (χ4n) is 2.79. The number of ether oxygens (including phenoxy) is 1. The first kappa shape index (κ1) is 11.4. The third-order valence-corrected chi connectivity index (χ3v) is 3.89. The third-order valence-electron chi connectivity index (χ3n) is 3.89. The smallest absolute Gasteiger partial charge is 0.0698 e. The molecule has 0 saturated carbocycles. The summed E-state index contributed by atoms with van der Waals surface area (Å²) < 4.78 is 5.47. The van der Waals surface area contributed by atoms with Gasteiger partial charge in [0.15, 0.2) is 0 Å². The molecule has 15 heavy (non-hydrogen) atoms. The van der Waals surface area contributed by atoms with Crippen molar-refractivity contribution >= 4 is 0 Å². The van der Waals surface area contributed by atoms with Gasteiger partial charge in [0, 0.05) is 32.3 Å². The lowest BCUT2D eigenvalue weighted by atomic mass is 9.98. The number of piperidine rings is 2. The van der Waals surface area contributed by atoms with E-state index in [0.29, 0.717) is 12.1 Å². The molecule has 88 valence electrons. The molecule has 3 heteroatoms. The van der Waals surface area contributed by atoms with Crippen LogP contribution in [0.5, 0.6) is 0 Å². The van der Waals surface area contributed by atoms with Crippen LogP contribution in [0.1, 0.15) is 32.6 Å². The van der Waals surface area contributed by atoms with E-state index in [1.807, 2.05) is 7.11 Å². The number of hydrogen-bond donors (Lipinski definition) is 1. The molecule has 2 fully saturated rings. The average molecular weight is 212 g/mol. The molecule has 3 unspecified atom stereocenters. The van der Waals surface area contributed by atoms with Crippen molar-refractivity contribution in [1.82, 2.24) is 10.2 Å². The van der Waals surface area contributed by atoms with E-state index in [0.717, 1.165) is 19.1 Å². The molecule has 0 aromatic carbocycles. The van der Waals surface area contributed by atoms with E-state index < -0.39 is 0 Å². The Hall–Kier alpha value is -0.120. The van der Waals surface area contributed by atoms with Crippen LogP contribution in [-0.4, -0.2) is 49.8 Å². The van der Waals surface area contributed by atoms with Gasteiger partial charge in [0.1, 0.15) is 0 Å². The average Bonchev–Trinajstić information content (AvgIpc) is 2.30. The Kier molecular flexibility index (Phi) is 4.00. The minimum absolute atomic E-state index is 0.470. The molecule has 0 bridgehead atoms. The van der Waals surface area contributed by atoms with Crippen molar-refractivity contribution in [2.24, 2.45) is 0 Å². The molecule has 0 amide bonds. The molecular weight excluding hydrogens is 188 g/mol. The van der Waals surface area contributed by atoms with Crippen LogP contribution in [0.3, 0.4) is 0 Å². The summed E-state index contributed by atoms with van der Waals surface area (Å²) in [7, 11) is 1.84. The van der Waals surface area contributed by atoms with E-state index in [1.165, 1.54) is 32.2 Å². The van der Waals surface area contributed by atoms with E-state index in [1.54, 1.807) is 0 Å². The second-order valence-electron chi connectivity index (χ2n) is 5.04. The third kappa shape index (κ3) is 2.92. The molecular formula is C12H24N2O. The van der Waals surface area contributed by atoms with E-state index >= 15 is 0 Å². The first-order chi connectivity index (χ1) is 7.29. The quantitative estimate of drug-likeness (QED) is 0.745. The number of likely N-dealkylation sites (tertiary alicyclic amines) is 1. The van der Waals surface area contributed by atoms with Gasteiger partial charge in [0.2, 0.25) is 0 Å². The van der Waals surface area contributed by atoms with Gasteiger partial charge < -0.3 is 10.1 Å². The predicted octanol–water partition coefficient (Wildman–Crippen LogP) is 1.24. The highest BCUT2D eigenvalue weighted by atomic mass is 16.5. The minimum atomic E-state index is 0.470. The minimum Gasteiger partial charge on any atom is -0.380 e. The Morgan fingerprint density at radius 3 is 2.80 bits per heavy atom. The van der Waals surface area contributed by atoms with Crippen LogP contribution in [0.25, 0.3) is 0 Å². The second kappa shape index (κ2) is 5.28. The maximum atomic E-state index is 5.47. The van der Waals surface area contributed by atoms with Crippen LogP contribution >= 0.6 is 0 Å². The highest BCUT2D eigenvalue weighted by Gasteiger charge is 2.27. The summed E-state index contributed by atoms with van der Waals surface area (Å²) in [6, 6.07) is 1.46. The zero-order valence-electron chi connectivity index (χ0n) is 10.0. The summed E-state index contributed by atoms with van der Waals surface area (Å²) in [6.45, 7) is 5.85. The molecule has 2 saturated heterocycles. The van der Waals surface area contributed by atoms with Crippen molar-refractivity contribution in [3.63, 3.8) is 0 Å². The Morgan fingerprint density at radius 1 is 1.27 bits per heavy atom. The number of rotatable bonds is 2. The highest BCUT2D eigenvalue weighted by Crippen LogP contribution is 2.20. The number of methoxy groups -OCH3 is 1. The summed E-state index contributed by atoms with van der Waals surface area (Å²) in [5.74, 6) is 0. The van der Waals surface area contributed by atoms with E-state index in [9.17, 15) is 0 Å². The van der Waals surface area contributed by atoms with Crippen LogP contribution in [0.15, 0.2) is 0 Å². The summed E-state index contributed by atoms with van der Waals surface area (Å²) >= 11 is 0. The molecule has 0 aromatic heterocycles. The second-order valence-corrected chi connectivity index (χ2v) is 5.04. The van der Waals surface area contributed by atoms with Crippen LogP contribution in [-0.2, 0) is 4.74 Å². The molecule has 3 atom stereocenters. The van der Waals surface area contributed by atoms with Gasteiger partial charge in [-0.2, -0.15) is 0 Å². The van der Waals surface area contributed by atoms with Crippen LogP contribution < -0.4 is 5.32 Å². The number of hydrogen-bond acceptors (Lipinski definition) is 3. The normalized spacial score (nSPS) is 39.2. The van der Waals surface area contributed by atoms with Gasteiger partial charge in [-0.15, -0.1) is 0 Å². The lowest BCUT2D eigenvalue weighted by Crippen LogP contribution is -2.52. The molecule has 1 N–H and O–H groups in total. The first-order valence-electron chi connectivity index (χ1n) is 6.30. The van der Waals surface area contributed by atoms with Gasteiger partial charge in [-0.1, -0.05) is 0 Å². The van der Waals surface area contributed by atoms with E-state index in [-0.39, 0.29) is 0 Å². The Morgan fingerprint density at radius 2 is 2.13 bits per heavy atom. The predicted molar refractivity (Wildman–Crippen MR) is 62.1 cm³/mol. The van der Waals surface area contributed by atoms with Gasteiger partial charge in [0.05, 0.1) is 6.10 Å². The van der Waals surface area contributed by atoms with Crippen molar-refractivity contribution < 1.29 is 4.74 Å². The van der Waals surface area contributed by atoms with Crippen LogP contribution in [0.4, 0.5) is 0 Å². The molecule has 2 aliphatic heterocycles. The van der Waals surface area contributed by atoms with Gasteiger partial charge in [-0.25, -0.2) is 0 Å². The fourth-order valence-corrected chi connectivity index (χ4v) is 2.79. The number of nitrogens with zero attached hydrogens (tertiary/aromatic N) is 1. The standard InChI is InChI=1S/C12H24N2O/c1-10-5-6-11(8-13-10)14-7-3-4-12(9-14)15-2/h10-13H,3-9H2,1-2H3. The number of nitrogens with one attached hydrogen (secondary N) is 1. The van der Waals surface area contributed by atoms with Crippen molar-refractivity contribution in [3.05, 3.63) is 0 Å². The lowest BCUT2D eigenvalue weighted by molar-refractivity contribution is 0.00862. The van der Waals surface area contributed by atoms with Crippen molar-refractivity contribution in [2.75, 3.05) is 26.7 Å². The lowest BCUT2D eigenvalue weighted by Gasteiger charge is -2.40. The van der Waals surface area contributed by atoms with Gasteiger partial charge >= 0.3 is 0 Å². The van der Waals surface area contributed by atoms with Gasteiger partial charge in [-0.05, 0) is 39.2 Å². The highest BCUT2D eigenvalue weighted by molar-refractivity contribution is 4.85. The molecule has 0 aliphatic carbocycles. The Balaban J connectivity index is 1.82. The van der Waals surface area contributed by atoms with Crippen molar-refractivity contribution in [2.45, 2.75) is 50.8 Å². The van der Waals surface area contributed by atoms with Crippen LogP contribution in [0.2, 0.25) is 0 Å². The maximum absolute atomic E-state index is 5.47. The SMILES string of the molecule is COC1CCCN(C2CCC(C)NC2)C1. The molecule has 0 spiro atoms. The summed E-state index contributed by atoms with van der Waals surface area (Å²) in [4.78, 5) is 2.62.